The predicted octanol–water partition coefficient (Wildman–Crippen LogP) is 0.596. The van der Waals surface area contributed by atoms with Crippen molar-refractivity contribution in [2.75, 3.05) is 26.3 Å². The molecule has 9 heteroatoms. The van der Waals surface area contributed by atoms with Gasteiger partial charge in [0, 0.05) is 31.9 Å². The third kappa shape index (κ3) is 4.56. The highest BCUT2D eigenvalue weighted by Crippen LogP contribution is 2.30. The number of amides is 1. The highest BCUT2D eigenvalue weighted by atomic mass is 32.2. The Labute approximate surface area is 146 Å². The van der Waals surface area contributed by atoms with Gasteiger partial charge < -0.3 is 15.2 Å². The van der Waals surface area contributed by atoms with Crippen LogP contribution in [0.5, 0.6) is 0 Å². The number of carboxylic acids is 1. The minimum absolute atomic E-state index is 0.00195. The number of hydrogen-bond acceptors (Lipinski definition) is 5. The molecule has 8 nitrogen and oxygen atoms in total. The van der Waals surface area contributed by atoms with Crippen LogP contribution in [0, 0.1) is 5.41 Å². The normalized spacial score (nSPS) is 17.0. The lowest BCUT2D eigenvalue weighted by atomic mass is 9.80. The molecule has 1 saturated heterocycles. The Morgan fingerprint density at radius 3 is 2.32 bits per heavy atom. The van der Waals surface area contributed by atoms with Crippen LogP contribution in [0.2, 0.25) is 0 Å². The number of sulfonamides is 1. The van der Waals surface area contributed by atoms with Crippen LogP contribution in [0.3, 0.4) is 0 Å². The van der Waals surface area contributed by atoms with Gasteiger partial charge >= 0.3 is 5.97 Å². The Hall–Kier alpha value is -1.97. The van der Waals surface area contributed by atoms with Crippen LogP contribution in [0.15, 0.2) is 29.2 Å². The molecule has 0 aromatic heterocycles. The van der Waals surface area contributed by atoms with E-state index in [1.807, 2.05) is 0 Å². The Kier molecular flexibility index (Phi) is 6.15. The molecule has 0 atom stereocenters. The summed E-state index contributed by atoms with van der Waals surface area (Å²) in [5.41, 5.74) is -0.759. The number of aliphatic carboxylic acids is 1. The zero-order valence-corrected chi connectivity index (χ0v) is 14.8. The molecule has 138 valence electrons. The summed E-state index contributed by atoms with van der Waals surface area (Å²) >= 11 is 0. The van der Waals surface area contributed by atoms with E-state index < -0.39 is 27.3 Å². The van der Waals surface area contributed by atoms with E-state index in [4.69, 9.17) is 4.74 Å². The van der Waals surface area contributed by atoms with Gasteiger partial charge in [0.15, 0.2) is 0 Å². The van der Waals surface area contributed by atoms with Gasteiger partial charge in [0.25, 0.3) is 5.91 Å². The van der Waals surface area contributed by atoms with Gasteiger partial charge in [0.05, 0.1) is 10.3 Å². The van der Waals surface area contributed by atoms with Gasteiger partial charge in [-0.05, 0) is 37.1 Å². The monoisotopic (exact) mass is 370 g/mol. The fourth-order valence-corrected chi connectivity index (χ4v) is 3.68. The van der Waals surface area contributed by atoms with Gasteiger partial charge in [0.1, 0.15) is 0 Å². The van der Waals surface area contributed by atoms with Crippen LogP contribution in [0.1, 0.15) is 30.1 Å². The molecule has 2 rings (SSSR count). The van der Waals surface area contributed by atoms with Gasteiger partial charge in [0.2, 0.25) is 10.0 Å². The first-order valence-electron chi connectivity index (χ1n) is 8.00. The topological polar surface area (TPSA) is 122 Å². The highest BCUT2D eigenvalue weighted by molar-refractivity contribution is 7.89. The zero-order chi connectivity index (χ0) is 18.5. The van der Waals surface area contributed by atoms with Crippen molar-refractivity contribution < 1.29 is 27.9 Å². The third-order valence-corrected chi connectivity index (χ3v) is 5.81. The smallest absolute Gasteiger partial charge is 0.311 e. The average molecular weight is 370 g/mol. The summed E-state index contributed by atoms with van der Waals surface area (Å²) in [5.74, 6) is -1.40. The lowest BCUT2D eigenvalue weighted by molar-refractivity contribution is -0.154. The van der Waals surface area contributed by atoms with Crippen LogP contribution >= 0.6 is 0 Å². The van der Waals surface area contributed by atoms with E-state index in [-0.39, 0.29) is 23.5 Å². The van der Waals surface area contributed by atoms with Crippen LogP contribution in [-0.2, 0) is 19.6 Å². The number of carboxylic acid groups (broad SMARTS) is 1. The second-order valence-electron chi connectivity index (χ2n) is 5.91. The van der Waals surface area contributed by atoms with Crippen molar-refractivity contribution in [1.29, 1.82) is 0 Å². The predicted molar refractivity (Wildman–Crippen MR) is 89.8 cm³/mol. The van der Waals surface area contributed by atoms with Crippen LogP contribution in [0.4, 0.5) is 0 Å². The van der Waals surface area contributed by atoms with E-state index in [1.165, 1.54) is 24.3 Å². The van der Waals surface area contributed by atoms with Gasteiger partial charge in [-0.1, -0.05) is 6.92 Å². The zero-order valence-electron chi connectivity index (χ0n) is 13.9. The Balaban J connectivity index is 2.04. The van der Waals surface area contributed by atoms with Crippen molar-refractivity contribution >= 4 is 21.9 Å². The van der Waals surface area contributed by atoms with Crippen molar-refractivity contribution in [2.24, 2.45) is 5.41 Å². The molecule has 1 aromatic rings. The van der Waals surface area contributed by atoms with Gasteiger partial charge in [-0.15, -0.1) is 0 Å². The SMILES string of the molecule is CCNS(=O)(=O)c1ccc(C(=O)NCC2(C(=O)O)CCOCC2)cc1. The number of nitrogens with one attached hydrogen (secondary N) is 2. The lowest BCUT2D eigenvalue weighted by Crippen LogP contribution is -2.46. The Morgan fingerprint density at radius 1 is 1.20 bits per heavy atom. The summed E-state index contributed by atoms with van der Waals surface area (Å²) < 4.78 is 31.3. The maximum atomic E-state index is 12.2. The molecule has 3 N–H and O–H groups in total. The Bertz CT molecular complexity index is 723. The summed E-state index contributed by atoms with van der Waals surface area (Å²) in [6.07, 6.45) is 0.672. The lowest BCUT2D eigenvalue weighted by Gasteiger charge is -2.33. The molecule has 1 aromatic carbocycles. The summed E-state index contributed by atoms with van der Waals surface area (Å²) in [5, 5.41) is 12.1. The fraction of sp³-hybridized carbons (Fsp3) is 0.500. The molecule has 0 bridgehead atoms. The van der Waals surface area contributed by atoms with Gasteiger partial charge in [-0.25, -0.2) is 13.1 Å². The molecule has 25 heavy (non-hydrogen) atoms. The molecule has 0 aliphatic carbocycles. The first-order chi connectivity index (χ1) is 11.8. The molecule has 1 heterocycles. The first-order valence-corrected chi connectivity index (χ1v) is 9.48. The van der Waals surface area contributed by atoms with E-state index in [1.54, 1.807) is 6.92 Å². The summed E-state index contributed by atoms with van der Waals surface area (Å²) in [6, 6.07) is 5.48. The standard InChI is InChI=1S/C16H22N2O6S/c1-2-18-25(22,23)13-5-3-12(4-6-13)14(19)17-11-16(15(20)21)7-9-24-10-8-16/h3-6,18H,2,7-11H2,1H3,(H,17,19)(H,20,21). The quantitative estimate of drug-likeness (QED) is 0.646. The van der Waals surface area contributed by atoms with Crippen LogP contribution < -0.4 is 10.0 Å². The molecule has 0 unspecified atom stereocenters. The molecule has 1 aliphatic rings. The van der Waals surface area contributed by atoms with Crippen molar-refractivity contribution in [1.82, 2.24) is 10.0 Å². The number of ether oxygens (including phenoxy) is 1. The molecular weight excluding hydrogens is 348 g/mol. The van der Waals surface area contributed by atoms with Crippen LogP contribution in [0.25, 0.3) is 0 Å². The fourth-order valence-electron chi connectivity index (χ4n) is 2.64. The molecule has 0 spiro atoms. The van der Waals surface area contributed by atoms with E-state index in [2.05, 4.69) is 10.0 Å². The first kappa shape index (κ1) is 19.4. The summed E-state index contributed by atoms with van der Waals surface area (Å²) in [7, 11) is -3.58. The molecule has 1 amide bonds. The average Bonchev–Trinajstić information content (AvgIpc) is 2.60. The number of carbonyl (C=O) groups excluding carboxylic acids is 1. The van der Waals surface area contributed by atoms with E-state index in [0.29, 0.717) is 26.1 Å². The van der Waals surface area contributed by atoms with E-state index in [0.717, 1.165) is 0 Å². The Morgan fingerprint density at radius 2 is 1.80 bits per heavy atom. The summed E-state index contributed by atoms with van der Waals surface area (Å²) in [6.45, 7) is 2.64. The van der Waals surface area contributed by atoms with Crippen molar-refractivity contribution in [2.45, 2.75) is 24.7 Å². The number of carbonyl (C=O) groups is 2. The summed E-state index contributed by atoms with van der Waals surface area (Å²) in [4.78, 5) is 23.9. The highest BCUT2D eigenvalue weighted by Gasteiger charge is 2.40. The van der Waals surface area contributed by atoms with Gasteiger partial charge in [-0.2, -0.15) is 0 Å². The van der Waals surface area contributed by atoms with Crippen molar-refractivity contribution in [3.8, 4) is 0 Å². The molecule has 0 saturated carbocycles. The number of benzene rings is 1. The van der Waals surface area contributed by atoms with Crippen LogP contribution in [-0.4, -0.2) is 51.7 Å². The second kappa shape index (κ2) is 7.94. The molecule has 1 fully saturated rings. The number of hydrogen-bond donors (Lipinski definition) is 3. The number of rotatable bonds is 7. The maximum Gasteiger partial charge on any atom is 0.311 e. The third-order valence-electron chi connectivity index (χ3n) is 4.25. The van der Waals surface area contributed by atoms with Crippen molar-refractivity contribution in [3.63, 3.8) is 0 Å². The molecule has 1 aliphatic heterocycles. The minimum atomic E-state index is -3.58. The van der Waals surface area contributed by atoms with Crippen molar-refractivity contribution in [3.05, 3.63) is 29.8 Å². The van der Waals surface area contributed by atoms with E-state index >= 15 is 0 Å². The maximum absolute atomic E-state index is 12.2. The largest absolute Gasteiger partial charge is 0.481 e. The second-order valence-corrected chi connectivity index (χ2v) is 7.67. The molecule has 0 radical (unpaired) electrons. The van der Waals surface area contributed by atoms with E-state index in [9.17, 15) is 23.1 Å². The minimum Gasteiger partial charge on any atom is -0.481 e. The van der Waals surface area contributed by atoms with Gasteiger partial charge in [-0.3, -0.25) is 9.59 Å². The molecular formula is C16H22N2O6S.